The minimum atomic E-state index is 0.474. The molecule has 1 fully saturated rings. The summed E-state index contributed by atoms with van der Waals surface area (Å²) in [5, 5.41) is 4.44. The van der Waals surface area contributed by atoms with Crippen molar-refractivity contribution < 1.29 is 4.74 Å². The van der Waals surface area contributed by atoms with E-state index >= 15 is 0 Å². The van der Waals surface area contributed by atoms with Crippen LogP contribution in [-0.4, -0.2) is 20.9 Å². The molecule has 0 amide bonds. The van der Waals surface area contributed by atoms with Gasteiger partial charge in [0, 0.05) is 23.5 Å². The number of benzene rings is 1. The second-order valence-corrected chi connectivity index (χ2v) is 6.54. The lowest BCUT2D eigenvalue weighted by Crippen LogP contribution is -2.21. The molecule has 2 N–H and O–H groups in total. The molecular weight excluding hydrogens is 312 g/mol. The Bertz CT molecular complexity index is 837. The summed E-state index contributed by atoms with van der Waals surface area (Å²) < 4.78 is 7.77. The van der Waals surface area contributed by atoms with Gasteiger partial charge in [-0.3, -0.25) is 4.68 Å². The summed E-state index contributed by atoms with van der Waals surface area (Å²) in [6.45, 7) is 1.43. The molecule has 1 aliphatic carbocycles. The number of rotatable bonds is 6. The molecule has 0 unspecified atom stereocenters. The van der Waals surface area contributed by atoms with Crippen LogP contribution in [0.1, 0.15) is 30.4 Å². The highest BCUT2D eigenvalue weighted by Crippen LogP contribution is 2.24. The number of hydrogen-bond donors (Lipinski definition) is 1. The first-order valence-electron chi connectivity index (χ1n) is 8.71. The Morgan fingerprint density at radius 2 is 1.92 bits per heavy atom. The third-order valence-corrected chi connectivity index (χ3v) is 4.69. The monoisotopic (exact) mass is 334 g/mol. The molecule has 1 saturated carbocycles. The maximum absolute atomic E-state index is 5.93. The highest BCUT2D eigenvalue weighted by Gasteiger charge is 2.17. The van der Waals surface area contributed by atoms with Gasteiger partial charge < -0.3 is 10.5 Å². The largest absolute Gasteiger partial charge is 0.383 e. The van der Waals surface area contributed by atoms with Gasteiger partial charge in [-0.05, 0) is 42.5 Å². The molecule has 25 heavy (non-hydrogen) atoms. The zero-order chi connectivity index (χ0) is 17.1. The third-order valence-electron chi connectivity index (χ3n) is 4.69. The van der Waals surface area contributed by atoms with Gasteiger partial charge in [-0.2, -0.15) is 5.10 Å². The summed E-state index contributed by atoms with van der Waals surface area (Å²) >= 11 is 0. The number of pyridine rings is 1. The van der Waals surface area contributed by atoms with Crippen LogP contribution in [0, 0.1) is 0 Å². The lowest BCUT2D eigenvalue weighted by Gasteiger charge is -2.25. The number of ether oxygens (including phenoxy) is 1. The minimum Gasteiger partial charge on any atom is -0.383 e. The molecule has 2 aromatic heterocycles. The molecule has 2 heterocycles. The van der Waals surface area contributed by atoms with Gasteiger partial charge in [0.15, 0.2) is 0 Å². The second-order valence-electron chi connectivity index (χ2n) is 6.54. The molecule has 0 saturated heterocycles. The fourth-order valence-electron chi connectivity index (χ4n) is 2.93. The molecule has 3 aromatic rings. The van der Waals surface area contributed by atoms with Crippen molar-refractivity contribution in [2.45, 2.75) is 38.5 Å². The molecular formula is C20H22N4O. The van der Waals surface area contributed by atoms with Crippen molar-refractivity contribution in [3.8, 4) is 11.1 Å². The highest BCUT2D eigenvalue weighted by atomic mass is 16.5. The van der Waals surface area contributed by atoms with E-state index in [1.807, 2.05) is 29.2 Å². The van der Waals surface area contributed by atoms with Crippen LogP contribution in [0.5, 0.6) is 0 Å². The fraction of sp³-hybridized carbons (Fsp3) is 0.300. The summed E-state index contributed by atoms with van der Waals surface area (Å²) in [5.74, 6) is 0.526. The fourth-order valence-corrected chi connectivity index (χ4v) is 2.93. The van der Waals surface area contributed by atoms with E-state index in [1.54, 1.807) is 6.20 Å². The van der Waals surface area contributed by atoms with Gasteiger partial charge in [0.2, 0.25) is 0 Å². The molecule has 0 aliphatic heterocycles. The van der Waals surface area contributed by atoms with Crippen molar-refractivity contribution in [2.24, 2.45) is 0 Å². The van der Waals surface area contributed by atoms with Gasteiger partial charge in [0.1, 0.15) is 5.82 Å². The zero-order valence-corrected chi connectivity index (χ0v) is 14.1. The van der Waals surface area contributed by atoms with Crippen molar-refractivity contribution >= 4 is 5.82 Å². The van der Waals surface area contributed by atoms with E-state index < -0.39 is 0 Å². The second kappa shape index (κ2) is 7.07. The van der Waals surface area contributed by atoms with Gasteiger partial charge >= 0.3 is 0 Å². The van der Waals surface area contributed by atoms with E-state index in [0.29, 0.717) is 18.5 Å². The molecule has 128 valence electrons. The van der Waals surface area contributed by atoms with Gasteiger partial charge in [0.05, 0.1) is 25.5 Å². The van der Waals surface area contributed by atoms with Crippen molar-refractivity contribution in [2.75, 3.05) is 5.73 Å². The predicted molar refractivity (Wildman–Crippen MR) is 97.8 cm³/mol. The van der Waals surface area contributed by atoms with Gasteiger partial charge in [-0.1, -0.05) is 24.3 Å². The number of nitrogens with zero attached hydrogens (tertiary/aromatic N) is 3. The minimum absolute atomic E-state index is 0.474. The molecule has 0 radical (unpaired) electrons. The molecule has 4 rings (SSSR count). The number of nitrogen functional groups attached to an aromatic ring is 1. The molecule has 5 nitrogen and oxygen atoms in total. The molecule has 1 aliphatic rings. The van der Waals surface area contributed by atoms with Crippen molar-refractivity contribution in [1.82, 2.24) is 14.8 Å². The summed E-state index contributed by atoms with van der Waals surface area (Å²) in [6, 6.07) is 12.4. The molecule has 0 spiro atoms. The molecule has 1 aromatic carbocycles. The van der Waals surface area contributed by atoms with Crippen LogP contribution in [0.3, 0.4) is 0 Å². The van der Waals surface area contributed by atoms with E-state index in [-0.39, 0.29) is 0 Å². The van der Waals surface area contributed by atoms with Crippen molar-refractivity contribution in [1.29, 1.82) is 0 Å². The first kappa shape index (κ1) is 15.8. The molecule has 5 heteroatoms. The average molecular weight is 334 g/mol. The average Bonchev–Trinajstić information content (AvgIpc) is 3.04. The Morgan fingerprint density at radius 3 is 2.64 bits per heavy atom. The smallest absolute Gasteiger partial charge is 0.131 e. The lowest BCUT2D eigenvalue weighted by atomic mass is 9.96. The van der Waals surface area contributed by atoms with Crippen LogP contribution in [0.15, 0.2) is 55.0 Å². The van der Waals surface area contributed by atoms with Crippen molar-refractivity contribution in [3.05, 3.63) is 66.1 Å². The highest BCUT2D eigenvalue weighted by molar-refractivity contribution is 5.72. The quantitative estimate of drug-likeness (QED) is 0.747. The number of hydrogen-bond acceptors (Lipinski definition) is 4. The molecule has 0 bridgehead atoms. The third kappa shape index (κ3) is 3.72. The van der Waals surface area contributed by atoms with Crippen LogP contribution < -0.4 is 5.73 Å². The van der Waals surface area contributed by atoms with Gasteiger partial charge in [-0.15, -0.1) is 0 Å². The normalized spacial score (nSPS) is 14.4. The Hall–Kier alpha value is -2.66. The first-order valence-corrected chi connectivity index (χ1v) is 8.71. The van der Waals surface area contributed by atoms with Gasteiger partial charge in [0.25, 0.3) is 0 Å². The Balaban J connectivity index is 1.39. The maximum Gasteiger partial charge on any atom is 0.131 e. The molecule has 0 atom stereocenters. The number of anilines is 1. The Kier molecular flexibility index (Phi) is 4.48. The summed E-state index contributed by atoms with van der Waals surface area (Å²) in [4.78, 5) is 4.13. The zero-order valence-electron chi connectivity index (χ0n) is 14.1. The summed E-state index contributed by atoms with van der Waals surface area (Å²) in [5.41, 5.74) is 10.3. The standard InChI is InChI=1S/C20H22N4O/c21-20-19(5-2-10-22-20)17-11-23-24(13-17)12-15-6-8-16(9-7-15)14-25-18-3-1-4-18/h2,5-11,13,18H,1,3-4,12,14H2,(H2,21,22). The van der Waals surface area contributed by atoms with E-state index in [0.717, 1.165) is 17.7 Å². The summed E-state index contributed by atoms with van der Waals surface area (Å²) in [6.07, 6.45) is 9.72. The van der Waals surface area contributed by atoms with Crippen LogP contribution in [-0.2, 0) is 17.9 Å². The van der Waals surface area contributed by atoms with Gasteiger partial charge in [-0.25, -0.2) is 4.98 Å². The maximum atomic E-state index is 5.93. The lowest BCUT2D eigenvalue weighted by molar-refractivity contribution is -0.00866. The van der Waals surface area contributed by atoms with Crippen LogP contribution in [0.2, 0.25) is 0 Å². The first-order chi connectivity index (χ1) is 12.3. The Labute approximate surface area is 147 Å². The van der Waals surface area contributed by atoms with E-state index in [4.69, 9.17) is 10.5 Å². The predicted octanol–water partition coefficient (Wildman–Crippen LogP) is 3.64. The Morgan fingerprint density at radius 1 is 1.12 bits per heavy atom. The van der Waals surface area contributed by atoms with E-state index in [2.05, 4.69) is 34.3 Å². The van der Waals surface area contributed by atoms with Crippen LogP contribution in [0.25, 0.3) is 11.1 Å². The summed E-state index contributed by atoms with van der Waals surface area (Å²) in [7, 11) is 0. The van der Waals surface area contributed by atoms with E-state index in [1.165, 1.54) is 30.4 Å². The topological polar surface area (TPSA) is 66.0 Å². The van der Waals surface area contributed by atoms with Crippen LogP contribution >= 0.6 is 0 Å². The van der Waals surface area contributed by atoms with Crippen LogP contribution in [0.4, 0.5) is 5.82 Å². The number of aromatic nitrogens is 3. The SMILES string of the molecule is Nc1ncccc1-c1cnn(Cc2ccc(COC3CCC3)cc2)c1. The number of nitrogens with two attached hydrogens (primary N) is 1. The van der Waals surface area contributed by atoms with E-state index in [9.17, 15) is 0 Å². The van der Waals surface area contributed by atoms with Crippen molar-refractivity contribution in [3.63, 3.8) is 0 Å².